The molecule has 2 N–H and O–H groups in total. The molecule has 0 aliphatic carbocycles. The van der Waals surface area contributed by atoms with Crippen LogP contribution in [0.1, 0.15) is 16.1 Å². The van der Waals surface area contributed by atoms with Crippen LogP contribution >= 0.6 is 11.3 Å². The Labute approximate surface area is 127 Å². The van der Waals surface area contributed by atoms with Crippen molar-refractivity contribution in [3.8, 4) is 11.8 Å². The first-order valence-corrected chi connectivity index (χ1v) is 8.47. The van der Waals surface area contributed by atoms with E-state index in [-0.39, 0.29) is 18.0 Å². The monoisotopic (exact) mass is 322 g/mol. The summed E-state index contributed by atoms with van der Waals surface area (Å²) in [6, 6.07) is 4.91. The molecule has 0 amide bonds. The van der Waals surface area contributed by atoms with Gasteiger partial charge in [-0.05, 0) is 24.6 Å². The molecule has 0 radical (unpaired) electrons. The number of nitrogens with one attached hydrogen (secondary N) is 1. The molecule has 0 unspecified atom stereocenters. The summed E-state index contributed by atoms with van der Waals surface area (Å²) >= 11 is 1.38. The molecule has 2 rings (SSSR count). The molecule has 0 saturated heterocycles. The van der Waals surface area contributed by atoms with Crippen LogP contribution in [-0.4, -0.2) is 25.1 Å². The molecule has 0 spiro atoms. The summed E-state index contributed by atoms with van der Waals surface area (Å²) in [5, 5.41) is 11.2. The number of rotatable bonds is 4. The average molecular weight is 322 g/mol. The van der Waals surface area contributed by atoms with E-state index in [0.29, 0.717) is 10.6 Å². The number of aromatic nitrogens is 1. The van der Waals surface area contributed by atoms with E-state index in [4.69, 9.17) is 5.11 Å². The molecule has 1 heterocycles. The van der Waals surface area contributed by atoms with E-state index in [1.807, 2.05) is 6.92 Å². The molecule has 21 heavy (non-hydrogen) atoms. The molecule has 0 fully saturated rings. The normalized spacial score (nSPS) is 11.0. The van der Waals surface area contributed by atoms with Crippen molar-refractivity contribution in [3.05, 3.63) is 45.9 Å². The van der Waals surface area contributed by atoms with E-state index in [2.05, 4.69) is 21.5 Å². The van der Waals surface area contributed by atoms with Crippen molar-refractivity contribution in [1.29, 1.82) is 0 Å². The number of aliphatic hydroxyl groups is 1. The molecule has 1 aromatic heterocycles. The number of thiazole rings is 1. The third kappa shape index (κ3) is 4.12. The van der Waals surface area contributed by atoms with Crippen LogP contribution in [0.5, 0.6) is 0 Å². The third-order valence-electron chi connectivity index (χ3n) is 2.62. The van der Waals surface area contributed by atoms with Crippen LogP contribution in [0, 0.1) is 18.8 Å². The van der Waals surface area contributed by atoms with E-state index >= 15 is 0 Å². The van der Waals surface area contributed by atoms with E-state index in [0.717, 1.165) is 5.56 Å². The van der Waals surface area contributed by atoms with Gasteiger partial charge in [-0.3, -0.25) is 0 Å². The standard InChI is InChI=1S/C14H14N2O3S2/c1-11-4-5-13(12(9-11)3-2-7-17)21(18,19)16-10-14-15-6-8-20-14/h4-6,8-9,16-17H,7,10H2,1H3. The molecule has 0 saturated carbocycles. The topological polar surface area (TPSA) is 79.3 Å². The molecule has 0 bridgehead atoms. The molecule has 0 aliphatic heterocycles. The summed E-state index contributed by atoms with van der Waals surface area (Å²) < 4.78 is 27.2. The summed E-state index contributed by atoms with van der Waals surface area (Å²) in [4.78, 5) is 4.13. The van der Waals surface area contributed by atoms with Crippen LogP contribution in [0.4, 0.5) is 0 Å². The molecule has 0 aliphatic rings. The van der Waals surface area contributed by atoms with E-state index in [1.54, 1.807) is 23.7 Å². The minimum atomic E-state index is -3.68. The van der Waals surface area contributed by atoms with Crippen molar-refractivity contribution >= 4 is 21.4 Å². The summed E-state index contributed by atoms with van der Waals surface area (Å²) in [6.45, 7) is 1.67. The van der Waals surface area contributed by atoms with Crippen LogP contribution in [0.2, 0.25) is 0 Å². The Morgan fingerprint density at radius 2 is 2.24 bits per heavy atom. The maximum atomic E-state index is 12.4. The Balaban J connectivity index is 2.30. The highest BCUT2D eigenvalue weighted by molar-refractivity contribution is 7.89. The zero-order valence-electron chi connectivity index (χ0n) is 11.3. The lowest BCUT2D eigenvalue weighted by atomic mass is 10.1. The van der Waals surface area contributed by atoms with Gasteiger partial charge in [-0.15, -0.1) is 11.3 Å². The maximum absolute atomic E-state index is 12.4. The van der Waals surface area contributed by atoms with Gasteiger partial charge in [-0.2, -0.15) is 0 Å². The lowest BCUT2D eigenvalue weighted by Gasteiger charge is -2.08. The number of aliphatic hydroxyl groups excluding tert-OH is 1. The number of nitrogens with zero attached hydrogens (tertiary/aromatic N) is 1. The lowest BCUT2D eigenvalue weighted by Crippen LogP contribution is -2.24. The van der Waals surface area contributed by atoms with E-state index in [9.17, 15) is 8.42 Å². The van der Waals surface area contributed by atoms with Crippen LogP contribution in [0.25, 0.3) is 0 Å². The predicted molar refractivity (Wildman–Crippen MR) is 81.3 cm³/mol. The summed E-state index contributed by atoms with van der Waals surface area (Å²) in [6.07, 6.45) is 1.62. The molecule has 0 atom stereocenters. The van der Waals surface area contributed by atoms with Crippen LogP contribution in [0.3, 0.4) is 0 Å². The minimum absolute atomic E-state index is 0.102. The minimum Gasteiger partial charge on any atom is -0.384 e. The fourth-order valence-electron chi connectivity index (χ4n) is 1.69. The smallest absolute Gasteiger partial charge is 0.242 e. The molecule has 1 aromatic carbocycles. The van der Waals surface area contributed by atoms with Gasteiger partial charge in [-0.1, -0.05) is 17.9 Å². The molecule has 110 valence electrons. The Morgan fingerprint density at radius 1 is 1.43 bits per heavy atom. The van der Waals surface area contributed by atoms with Crippen molar-refractivity contribution in [3.63, 3.8) is 0 Å². The third-order valence-corrected chi connectivity index (χ3v) is 4.86. The quantitative estimate of drug-likeness (QED) is 0.831. The summed E-state index contributed by atoms with van der Waals surface area (Å²) in [7, 11) is -3.68. The van der Waals surface area contributed by atoms with Gasteiger partial charge < -0.3 is 5.11 Å². The van der Waals surface area contributed by atoms with E-state index < -0.39 is 10.0 Å². The Bertz CT molecular complexity index is 772. The van der Waals surface area contributed by atoms with Crippen molar-refractivity contribution in [2.75, 3.05) is 6.61 Å². The maximum Gasteiger partial charge on any atom is 0.242 e. The van der Waals surface area contributed by atoms with Crippen LogP contribution < -0.4 is 4.72 Å². The Kier molecular flexibility index (Phi) is 5.09. The van der Waals surface area contributed by atoms with Gasteiger partial charge in [0.1, 0.15) is 11.6 Å². The van der Waals surface area contributed by atoms with Gasteiger partial charge in [0.25, 0.3) is 0 Å². The molecular weight excluding hydrogens is 308 g/mol. The Hall–Kier alpha value is -1.72. The number of hydrogen-bond acceptors (Lipinski definition) is 5. The highest BCUT2D eigenvalue weighted by Gasteiger charge is 2.18. The first-order chi connectivity index (χ1) is 10.0. The largest absolute Gasteiger partial charge is 0.384 e. The van der Waals surface area contributed by atoms with Gasteiger partial charge in [0.15, 0.2) is 0 Å². The average Bonchev–Trinajstić information content (AvgIpc) is 2.96. The number of sulfonamides is 1. The number of aryl methyl sites for hydroxylation is 1. The van der Waals surface area contributed by atoms with Crippen molar-refractivity contribution in [1.82, 2.24) is 9.71 Å². The van der Waals surface area contributed by atoms with Gasteiger partial charge in [0.05, 0.1) is 11.4 Å². The summed E-state index contributed by atoms with van der Waals surface area (Å²) in [5.74, 6) is 5.15. The van der Waals surface area contributed by atoms with Gasteiger partial charge in [-0.25, -0.2) is 18.1 Å². The van der Waals surface area contributed by atoms with Crippen LogP contribution in [0.15, 0.2) is 34.7 Å². The Morgan fingerprint density at radius 3 is 2.90 bits per heavy atom. The number of benzene rings is 1. The van der Waals surface area contributed by atoms with Gasteiger partial charge in [0.2, 0.25) is 10.0 Å². The fourth-order valence-corrected chi connectivity index (χ4v) is 3.46. The fraction of sp³-hybridized carbons (Fsp3) is 0.214. The van der Waals surface area contributed by atoms with Crippen molar-refractivity contribution < 1.29 is 13.5 Å². The first kappa shape index (κ1) is 15.7. The molecule has 5 nitrogen and oxygen atoms in total. The molecular formula is C14H14N2O3S2. The highest BCUT2D eigenvalue weighted by Crippen LogP contribution is 2.17. The second-order valence-corrected chi connectivity index (χ2v) is 6.92. The zero-order valence-corrected chi connectivity index (χ0v) is 13.0. The number of hydrogen-bond donors (Lipinski definition) is 2. The zero-order chi connectivity index (χ0) is 15.3. The second kappa shape index (κ2) is 6.83. The highest BCUT2D eigenvalue weighted by atomic mass is 32.2. The summed E-state index contributed by atoms with van der Waals surface area (Å²) in [5.41, 5.74) is 1.27. The van der Waals surface area contributed by atoms with E-state index in [1.165, 1.54) is 17.4 Å². The molecule has 2 aromatic rings. The van der Waals surface area contributed by atoms with Gasteiger partial charge in [0, 0.05) is 17.1 Å². The van der Waals surface area contributed by atoms with Crippen molar-refractivity contribution in [2.45, 2.75) is 18.4 Å². The lowest BCUT2D eigenvalue weighted by molar-refractivity contribution is 0.350. The van der Waals surface area contributed by atoms with Crippen molar-refractivity contribution in [2.24, 2.45) is 0 Å². The first-order valence-electron chi connectivity index (χ1n) is 6.11. The molecule has 7 heteroatoms. The predicted octanol–water partition coefficient (Wildman–Crippen LogP) is 1.27. The van der Waals surface area contributed by atoms with Crippen LogP contribution in [-0.2, 0) is 16.6 Å². The second-order valence-electron chi connectivity index (χ2n) is 4.21. The SMILES string of the molecule is Cc1ccc(S(=O)(=O)NCc2nccs2)c(C#CCO)c1. The van der Waals surface area contributed by atoms with Gasteiger partial charge >= 0.3 is 0 Å².